The van der Waals surface area contributed by atoms with Crippen molar-refractivity contribution in [3.8, 4) is 0 Å². The summed E-state index contributed by atoms with van der Waals surface area (Å²) in [4.78, 5) is 4.83. The number of nitrogens with zero attached hydrogens (tertiary/aromatic N) is 1. The first-order chi connectivity index (χ1) is 14.6. The predicted octanol–water partition coefficient (Wildman–Crippen LogP) is 3.95. The van der Waals surface area contributed by atoms with E-state index in [9.17, 15) is 0 Å². The average Bonchev–Trinajstić information content (AvgIpc) is 2.78. The number of hydrogen-bond acceptors (Lipinski definition) is 3. The molecular weight excluding hydrogens is 372 g/mol. The molecule has 3 rings (SSSR count). The van der Waals surface area contributed by atoms with E-state index < -0.39 is 0 Å². The summed E-state index contributed by atoms with van der Waals surface area (Å²) in [6.07, 6.45) is 1.96. The lowest BCUT2D eigenvalue weighted by Crippen LogP contribution is -2.58. The number of aryl methyl sites for hydroxylation is 1. The first-order valence-electron chi connectivity index (χ1n) is 11.1. The van der Waals surface area contributed by atoms with E-state index in [1.807, 2.05) is 0 Å². The van der Waals surface area contributed by atoms with E-state index >= 15 is 0 Å². The van der Waals surface area contributed by atoms with Gasteiger partial charge in [0, 0.05) is 37.9 Å². The quantitative estimate of drug-likeness (QED) is 0.457. The third kappa shape index (κ3) is 6.31. The van der Waals surface area contributed by atoms with Gasteiger partial charge in [-0.15, -0.1) is 0 Å². The summed E-state index contributed by atoms with van der Waals surface area (Å²) in [5.41, 5.74) is 3.82. The molecule has 1 aliphatic heterocycles. The Morgan fingerprint density at radius 1 is 1.03 bits per heavy atom. The maximum atomic E-state index is 5.67. The molecule has 1 fully saturated rings. The molecule has 0 bridgehead atoms. The number of guanidine groups is 1. The fourth-order valence-electron chi connectivity index (χ4n) is 3.96. The summed E-state index contributed by atoms with van der Waals surface area (Å²) < 4.78 is 5.67. The van der Waals surface area contributed by atoms with Gasteiger partial charge in [-0.3, -0.25) is 0 Å². The van der Waals surface area contributed by atoms with Crippen molar-refractivity contribution in [1.82, 2.24) is 16.0 Å². The molecule has 162 valence electrons. The molecule has 0 spiro atoms. The number of ether oxygens (including phenoxy) is 1. The molecule has 1 heterocycles. The fourth-order valence-corrected chi connectivity index (χ4v) is 3.96. The van der Waals surface area contributed by atoms with Crippen LogP contribution in [0.3, 0.4) is 0 Å². The van der Waals surface area contributed by atoms with Gasteiger partial charge in [-0.2, -0.15) is 0 Å². The highest BCUT2D eigenvalue weighted by Gasteiger charge is 2.34. The molecule has 0 aromatic heterocycles. The Hall–Kier alpha value is -2.37. The van der Waals surface area contributed by atoms with Crippen LogP contribution in [0.25, 0.3) is 0 Å². The molecule has 2 aromatic rings. The normalized spacial score (nSPS) is 17.4. The minimum Gasteiger partial charge on any atom is -0.381 e. The van der Waals surface area contributed by atoms with Crippen LogP contribution < -0.4 is 16.0 Å². The fraction of sp³-hybridized carbons (Fsp3) is 0.480. The molecule has 0 radical (unpaired) electrons. The highest BCUT2D eigenvalue weighted by atomic mass is 16.5. The Morgan fingerprint density at radius 3 is 2.43 bits per heavy atom. The predicted molar refractivity (Wildman–Crippen MR) is 125 cm³/mol. The van der Waals surface area contributed by atoms with Crippen molar-refractivity contribution >= 4 is 5.96 Å². The highest BCUT2D eigenvalue weighted by Crippen LogP contribution is 2.25. The third-order valence-corrected chi connectivity index (χ3v) is 5.88. The van der Waals surface area contributed by atoms with Crippen LogP contribution in [0.1, 0.15) is 49.4 Å². The van der Waals surface area contributed by atoms with Gasteiger partial charge in [0.1, 0.15) is 0 Å². The van der Waals surface area contributed by atoms with Crippen molar-refractivity contribution in [1.29, 1.82) is 0 Å². The number of aliphatic imine (C=N–C) groups is 1. The van der Waals surface area contributed by atoms with Crippen LogP contribution >= 0.6 is 0 Å². The van der Waals surface area contributed by atoms with Gasteiger partial charge in [0.2, 0.25) is 0 Å². The van der Waals surface area contributed by atoms with Gasteiger partial charge < -0.3 is 20.7 Å². The lowest BCUT2D eigenvalue weighted by Gasteiger charge is -2.41. The Kier molecular flexibility index (Phi) is 8.29. The Bertz CT molecular complexity index is 800. The van der Waals surface area contributed by atoms with Crippen LogP contribution in [0, 0.1) is 6.92 Å². The standard InChI is InChI=1S/C25H36N4O/c1-4-26-24(27-18-23-13-9-8-10-20(23)2)28-19-25(14-16-30-17-15-25)29-21(3)22-11-6-5-7-12-22/h5-13,21,29H,4,14-19H2,1-3H3,(H2,26,27,28). The van der Waals surface area contributed by atoms with Crippen molar-refractivity contribution in [2.24, 2.45) is 4.99 Å². The van der Waals surface area contributed by atoms with Crippen LogP contribution in [0.15, 0.2) is 59.6 Å². The van der Waals surface area contributed by atoms with Gasteiger partial charge in [0.25, 0.3) is 0 Å². The summed E-state index contributed by atoms with van der Waals surface area (Å²) in [7, 11) is 0. The van der Waals surface area contributed by atoms with Crippen molar-refractivity contribution in [2.45, 2.75) is 51.7 Å². The second-order valence-electron chi connectivity index (χ2n) is 8.14. The molecule has 0 aliphatic carbocycles. The maximum absolute atomic E-state index is 5.67. The minimum atomic E-state index is -0.0215. The number of hydrogen-bond donors (Lipinski definition) is 3. The number of benzene rings is 2. The smallest absolute Gasteiger partial charge is 0.191 e. The van der Waals surface area contributed by atoms with Crippen molar-refractivity contribution in [3.63, 3.8) is 0 Å². The van der Waals surface area contributed by atoms with E-state index in [1.54, 1.807) is 0 Å². The van der Waals surface area contributed by atoms with Gasteiger partial charge in [0.15, 0.2) is 5.96 Å². The van der Waals surface area contributed by atoms with E-state index in [-0.39, 0.29) is 11.6 Å². The summed E-state index contributed by atoms with van der Waals surface area (Å²) in [5, 5.41) is 10.9. The molecule has 0 amide bonds. The topological polar surface area (TPSA) is 57.7 Å². The molecule has 1 aliphatic rings. The van der Waals surface area contributed by atoms with Crippen molar-refractivity contribution in [2.75, 3.05) is 26.3 Å². The minimum absolute atomic E-state index is 0.0215. The molecule has 1 unspecified atom stereocenters. The number of nitrogens with one attached hydrogen (secondary N) is 3. The first kappa shape index (κ1) is 22.3. The summed E-state index contributed by atoms with van der Waals surface area (Å²) in [6.45, 7) is 10.4. The lowest BCUT2D eigenvalue weighted by atomic mass is 9.88. The van der Waals surface area contributed by atoms with Crippen LogP contribution in [0.5, 0.6) is 0 Å². The average molecular weight is 409 g/mol. The summed E-state index contributed by atoms with van der Waals surface area (Å²) >= 11 is 0. The molecule has 5 nitrogen and oxygen atoms in total. The second-order valence-corrected chi connectivity index (χ2v) is 8.14. The number of rotatable bonds is 8. The molecule has 30 heavy (non-hydrogen) atoms. The van der Waals surface area contributed by atoms with Gasteiger partial charge in [-0.1, -0.05) is 54.6 Å². The zero-order valence-electron chi connectivity index (χ0n) is 18.6. The third-order valence-electron chi connectivity index (χ3n) is 5.88. The largest absolute Gasteiger partial charge is 0.381 e. The van der Waals surface area contributed by atoms with Gasteiger partial charge in [0.05, 0.1) is 6.54 Å². The second kappa shape index (κ2) is 11.1. The molecule has 1 saturated heterocycles. The molecule has 5 heteroatoms. The Morgan fingerprint density at radius 2 is 1.73 bits per heavy atom. The first-order valence-corrected chi connectivity index (χ1v) is 11.1. The monoisotopic (exact) mass is 408 g/mol. The van der Waals surface area contributed by atoms with Gasteiger partial charge in [-0.25, -0.2) is 4.99 Å². The van der Waals surface area contributed by atoms with Gasteiger partial charge in [-0.05, 0) is 50.3 Å². The molecule has 0 saturated carbocycles. The van der Waals surface area contributed by atoms with Crippen LogP contribution in [0.4, 0.5) is 0 Å². The molecule has 2 aromatic carbocycles. The zero-order chi connectivity index (χ0) is 21.2. The van der Waals surface area contributed by atoms with Gasteiger partial charge >= 0.3 is 0 Å². The summed E-state index contributed by atoms with van der Waals surface area (Å²) in [6, 6.07) is 19.3. The summed E-state index contributed by atoms with van der Waals surface area (Å²) in [5.74, 6) is 0.862. The van der Waals surface area contributed by atoms with Crippen LogP contribution in [-0.2, 0) is 11.3 Å². The molecule has 1 atom stereocenters. The van der Waals surface area contributed by atoms with E-state index in [1.165, 1.54) is 16.7 Å². The van der Waals surface area contributed by atoms with E-state index in [0.717, 1.165) is 45.1 Å². The molecular formula is C25H36N4O. The van der Waals surface area contributed by atoms with Crippen LogP contribution in [0.2, 0.25) is 0 Å². The SMILES string of the molecule is CCNC(=NCc1ccccc1C)NCC1(NC(C)c2ccccc2)CCOCC1. The highest BCUT2D eigenvalue weighted by molar-refractivity contribution is 5.79. The van der Waals surface area contributed by atoms with E-state index in [2.05, 4.69) is 91.3 Å². The maximum Gasteiger partial charge on any atom is 0.191 e. The molecule has 3 N–H and O–H groups in total. The zero-order valence-corrected chi connectivity index (χ0v) is 18.6. The van der Waals surface area contributed by atoms with E-state index in [4.69, 9.17) is 9.73 Å². The van der Waals surface area contributed by atoms with Crippen molar-refractivity contribution < 1.29 is 4.74 Å². The van der Waals surface area contributed by atoms with E-state index in [0.29, 0.717) is 6.54 Å². The Balaban J connectivity index is 1.68. The Labute approximate surface area is 181 Å². The van der Waals surface area contributed by atoms with Crippen LogP contribution in [-0.4, -0.2) is 37.8 Å². The lowest BCUT2D eigenvalue weighted by molar-refractivity contribution is 0.0355. The van der Waals surface area contributed by atoms with Crippen molar-refractivity contribution in [3.05, 3.63) is 71.3 Å².